The predicted octanol–water partition coefficient (Wildman–Crippen LogP) is 3.62. The van der Waals surface area contributed by atoms with Crippen LogP contribution in [0.15, 0.2) is 53.7 Å². The minimum absolute atomic E-state index is 0. The van der Waals surface area contributed by atoms with Crippen LogP contribution in [-0.4, -0.2) is 37.2 Å². The lowest BCUT2D eigenvalue weighted by molar-refractivity contribution is 0.288. The first-order chi connectivity index (χ1) is 13.3. The summed E-state index contributed by atoms with van der Waals surface area (Å²) in [6.07, 6.45) is 4.33. The van der Waals surface area contributed by atoms with Crippen LogP contribution in [0, 0.1) is 5.92 Å². The lowest BCUT2D eigenvalue weighted by Gasteiger charge is -2.12. The van der Waals surface area contributed by atoms with Gasteiger partial charge in [0.25, 0.3) is 0 Å². The van der Waals surface area contributed by atoms with E-state index in [1.807, 2.05) is 49.4 Å². The lowest BCUT2D eigenvalue weighted by Crippen LogP contribution is -2.39. The van der Waals surface area contributed by atoms with Gasteiger partial charge in [0.15, 0.2) is 5.96 Å². The number of nitrogens with zero attached hydrogens (tertiary/aromatic N) is 2. The minimum Gasteiger partial charge on any atom is -0.492 e. The van der Waals surface area contributed by atoms with Crippen molar-refractivity contribution in [2.45, 2.75) is 26.3 Å². The van der Waals surface area contributed by atoms with E-state index in [2.05, 4.69) is 20.6 Å². The van der Waals surface area contributed by atoms with Crippen LogP contribution < -0.4 is 20.1 Å². The highest BCUT2D eigenvalue weighted by atomic mass is 127. The van der Waals surface area contributed by atoms with Gasteiger partial charge in [0.1, 0.15) is 12.4 Å². The van der Waals surface area contributed by atoms with Crippen LogP contribution in [0.25, 0.3) is 0 Å². The summed E-state index contributed by atoms with van der Waals surface area (Å²) in [5.41, 5.74) is 1.08. The Bertz CT molecular complexity index is 723. The number of hydrogen-bond acceptors (Lipinski definition) is 4. The summed E-state index contributed by atoms with van der Waals surface area (Å²) in [6, 6.07) is 13.7. The number of ether oxygens (including phenoxy) is 2. The smallest absolute Gasteiger partial charge is 0.213 e. The first-order valence-electron chi connectivity index (χ1n) is 9.61. The van der Waals surface area contributed by atoms with Gasteiger partial charge in [0.2, 0.25) is 5.88 Å². The van der Waals surface area contributed by atoms with Crippen molar-refractivity contribution in [1.29, 1.82) is 0 Å². The van der Waals surface area contributed by atoms with E-state index in [0.29, 0.717) is 25.6 Å². The Hall–Kier alpha value is -2.03. The van der Waals surface area contributed by atoms with Crippen LogP contribution in [0.4, 0.5) is 0 Å². The Balaban J connectivity index is 0.00000280. The van der Waals surface area contributed by atoms with E-state index in [-0.39, 0.29) is 24.0 Å². The third kappa shape index (κ3) is 8.33. The van der Waals surface area contributed by atoms with Crippen molar-refractivity contribution in [3.05, 3.63) is 54.2 Å². The zero-order chi connectivity index (χ0) is 18.7. The Kier molecular flexibility index (Phi) is 9.88. The van der Waals surface area contributed by atoms with Crippen molar-refractivity contribution in [1.82, 2.24) is 15.6 Å². The molecule has 3 rings (SSSR count). The molecular weight excluding hydrogens is 467 g/mol. The van der Waals surface area contributed by atoms with Crippen LogP contribution in [-0.2, 0) is 6.54 Å². The van der Waals surface area contributed by atoms with Gasteiger partial charge in [-0.25, -0.2) is 9.98 Å². The number of halogens is 1. The van der Waals surface area contributed by atoms with E-state index in [0.717, 1.165) is 36.3 Å². The molecular formula is C21H29IN4O2. The van der Waals surface area contributed by atoms with E-state index < -0.39 is 0 Å². The molecule has 1 aromatic heterocycles. The highest BCUT2D eigenvalue weighted by Gasteiger charge is 2.22. The molecule has 0 spiro atoms. The summed E-state index contributed by atoms with van der Waals surface area (Å²) < 4.78 is 11.4. The highest BCUT2D eigenvalue weighted by molar-refractivity contribution is 14.0. The molecule has 152 valence electrons. The first kappa shape index (κ1) is 22.3. The van der Waals surface area contributed by atoms with E-state index in [1.54, 1.807) is 6.20 Å². The van der Waals surface area contributed by atoms with Crippen LogP contribution >= 0.6 is 24.0 Å². The fourth-order valence-electron chi connectivity index (χ4n) is 2.48. The Morgan fingerprint density at radius 2 is 1.96 bits per heavy atom. The number of para-hydroxylation sites is 1. The molecule has 2 aromatic rings. The summed E-state index contributed by atoms with van der Waals surface area (Å²) in [6.45, 7) is 5.43. The third-order valence-electron chi connectivity index (χ3n) is 4.13. The van der Waals surface area contributed by atoms with Gasteiger partial charge in [-0.05, 0) is 49.4 Å². The summed E-state index contributed by atoms with van der Waals surface area (Å²) in [5.74, 6) is 3.04. The van der Waals surface area contributed by atoms with Crippen molar-refractivity contribution in [3.8, 4) is 11.6 Å². The average Bonchev–Trinajstić information content (AvgIpc) is 3.53. The van der Waals surface area contributed by atoms with Gasteiger partial charge in [-0.1, -0.05) is 18.2 Å². The Labute approximate surface area is 184 Å². The lowest BCUT2D eigenvalue weighted by atomic mass is 10.3. The topological polar surface area (TPSA) is 67.8 Å². The number of pyridine rings is 1. The second kappa shape index (κ2) is 12.4. The van der Waals surface area contributed by atoms with Gasteiger partial charge in [-0.15, -0.1) is 24.0 Å². The Morgan fingerprint density at radius 3 is 2.71 bits per heavy atom. The quantitative estimate of drug-likeness (QED) is 0.228. The number of benzene rings is 1. The second-order valence-electron chi connectivity index (χ2n) is 6.54. The van der Waals surface area contributed by atoms with Gasteiger partial charge in [-0.3, -0.25) is 0 Å². The van der Waals surface area contributed by atoms with Crippen LogP contribution in [0.2, 0.25) is 0 Å². The molecule has 0 aliphatic heterocycles. The number of guanidine groups is 1. The summed E-state index contributed by atoms with van der Waals surface area (Å²) in [5, 5.41) is 6.54. The van der Waals surface area contributed by atoms with Crippen LogP contribution in [0.1, 0.15) is 25.3 Å². The highest BCUT2D eigenvalue weighted by Crippen LogP contribution is 2.29. The van der Waals surface area contributed by atoms with Crippen molar-refractivity contribution < 1.29 is 9.47 Å². The summed E-state index contributed by atoms with van der Waals surface area (Å²) in [7, 11) is 0. The monoisotopic (exact) mass is 496 g/mol. The predicted molar refractivity (Wildman–Crippen MR) is 123 cm³/mol. The molecule has 6 nitrogen and oxygen atoms in total. The molecule has 1 saturated carbocycles. The zero-order valence-corrected chi connectivity index (χ0v) is 18.6. The number of rotatable bonds is 10. The van der Waals surface area contributed by atoms with Crippen molar-refractivity contribution in [3.63, 3.8) is 0 Å². The van der Waals surface area contributed by atoms with Crippen LogP contribution in [0.5, 0.6) is 11.6 Å². The second-order valence-corrected chi connectivity index (χ2v) is 6.54. The fourth-order valence-corrected chi connectivity index (χ4v) is 2.48. The first-order valence-corrected chi connectivity index (χ1v) is 9.61. The summed E-state index contributed by atoms with van der Waals surface area (Å²) >= 11 is 0. The SMILES string of the molecule is CCNC(=NCc1ccnc(OCC2CC2)c1)NCCOc1ccccc1.I. The Morgan fingerprint density at radius 1 is 1.14 bits per heavy atom. The van der Waals surface area contributed by atoms with Gasteiger partial charge in [0, 0.05) is 18.8 Å². The largest absolute Gasteiger partial charge is 0.492 e. The number of hydrogen-bond donors (Lipinski definition) is 2. The van der Waals surface area contributed by atoms with E-state index in [9.17, 15) is 0 Å². The normalized spacial score (nSPS) is 13.4. The molecule has 0 amide bonds. The maximum Gasteiger partial charge on any atom is 0.213 e. The minimum atomic E-state index is 0. The van der Waals surface area contributed by atoms with E-state index >= 15 is 0 Å². The molecule has 0 saturated heterocycles. The molecule has 0 unspecified atom stereocenters. The fraction of sp³-hybridized carbons (Fsp3) is 0.429. The van der Waals surface area contributed by atoms with Crippen LogP contribution in [0.3, 0.4) is 0 Å². The van der Waals surface area contributed by atoms with Gasteiger partial charge in [-0.2, -0.15) is 0 Å². The molecule has 1 fully saturated rings. The van der Waals surface area contributed by atoms with Gasteiger partial charge < -0.3 is 20.1 Å². The van der Waals surface area contributed by atoms with Gasteiger partial charge in [0.05, 0.1) is 19.7 Å². The standard InChI is InChI=1S/C21H28N4O2.HI/c1-2-22-21(24-12-13-26-19-6-4-3-5-7-19)25-15-18-10-11-23-20(14-18)27-16-17-8-9-17;/h3-7,10-11,14,17H,2,8-9,12-13,15-16H2,1H3,(H2,22,24,25);1H. The molecule has 0 atom stereocenters. The number of aromatic nitrogens is 1. The van der Waals surface area contributed by atoms with E-state index in [1.165, 1.54) is 12.8 Å². The van der Waals surface area contributed by atoms with Crippen molar-refractivity contribution in [2.24, 2.45) is 10.9 Å². The molecule has 0 bridgehead atoms. The number of aliphatic imine (C=N–C) groups is 1. The molecule has 1 heterocycles. The molecule has 0 radical (unpaired) electrons. The number of nitrogens with one attached hydrogen (secondary N) is 2. The molecule has 2 N–H and O–H groups in total. The van der Waals surface area contributed by atoms with E-state index in [4.69, 9.17) is 9.47 Å². The molecule has 7 heteroatoms. The zero-order valence-electron chi connectivity index (χ0n) is 16.3. The molecule has 1 aliphatic carbocycles. The maximum absolute atomic E-state index is 5.74. The third-order valence-corrected chi connectivity index (χ3v) is 4.13. The van der Waals surface area contributed by atoms with Gasteiger partial charge >= 0.3 is 0 Å². The molecule has 1 aliphatic rings. The average molecular weight is 496 g/mol. The molecule has 28 heavy (non-hydrogen) atoms. The molecule has 1 aromatic carbocycles. The maximum atomic E-state index is 5.74. The van der Waals surface area contributed by atoms with Crippen molar-refractivity contribution in [2.75, 3.05) is 26.3 Å². The summed E-state index contributed by atoms with van der Waals surface area (Å²) in [4.78, 5) is 8.91. The van der Waals surface area contributed by atoms with Crippen molar-refractivity contribution >= 4 is 29.9 Å².